The Bertz CT molecular complexity index is 954. The molecular weight excluding hydrogens is 386 g/mol. The lowest BCUT2D eigenvalue weighted by Gasteiger charge is -2.14. The molecule has 0 bridgehead atoms. The molecule has 8 heteroatoms. The number of hydrogen-bond donors (Lipinski definition) is 3. The van der Waals surface area contributed by atoms with Crippen molar-refractivity contribution < 1.29 is 15.0 Å². The average Bonchev–Trinajstić information content (AvgIpc) is 2.69. The van der Waals surface area contributed by atoms with Crippen LogP contribution in [-0.2, 0) is 13.2 Å². The minimum Gasteiger partial charge on any atom is -0.465 e. The first-order valence-corrected chi connectivity index (χ1v) is 9.21. The smallest absolute Gasteiger partial charge is 0.404 e. The number of aliphatic hydroxyl groups is 1. The van der Waals surface area contributed by atoms with Crippen LogP contribution >= 0.6 is 23.4 Å². The van der Waals surface area contributed by atoms with Gasteiger partial charge in [0.1, 0.15) is 5.03 Å². The van der Waals surface area contributed by atoms with Gasteiger partial charge < -0.3 is 15.5 Å². The normalized spacial score (nSPS) is 10.6. The lowest BCUT2D eigenvalue weighted by atomic mass is 10.1. The highest BCUT2D eigenvalue weighted by atomic mass is 35.5. The van der Waals surface area contributed by atoms with Gasteiger partial charge in [-0.3, -0.25) is 4.98 Å². The topological polar surface area (TPSA) is 95.3 Å². The largest absolute Gasteiger partial charge is 0.465 e. The summed E-state index contributed by atoms with van der Waals surface area (Å²) in [6.07, 6.45) is 2.19. The molecule has 0 saturated heterocycles. The van der Waals surface area contributed by atoms with Crippen molar-refractivity contribution in [2.75, 3.05) is 0 Å². The number of pyridine rings is 2. The van der Waals surface area contributed by atoms with Gasteiger partial charge in [-0.25, -0.2) is 9.78 Å². The third kappa shape index (κ3) is 4.77. The van der Waals surface area contributed by atoms with Crippen molar-refractivity contribution in [2.24, 2.45) is 0 Å². The van der Waals surface area contributed by atoms with Crippen molar-refractivity contribution in [1.29, 1.82) is 0 Å². The summed E-state index contributed by atoms with van der Waals surface area (Å²) in [6, 6.07) is 12.7. The molecule has 27 heavy (non-hydrogen) atoms. The molecule has 0 fully saturated rings. The number of hydrogen-bond acceptors (Lipinski definition) is 5. The monoisotopic (exact) mass is 401 g/mol. The molecule has 0 saturated carbocycles. The molecule has 3 rings (SSSR count). The highest BCUT2D eigenvalue weighted by Gasteiger charge is 2.16. The number of benzene rings is 1. The van der Waals surface area contributed by atoms with Gasteiger partial charge in [-0.15, -0.1) is 0 Å². The second-order valence-corrected chi connectivity index (χ2v) is 6.95. The Balaban J connectivity index is 2.04. The first kappa shape index (κ1) is 19.2. The first-order chi connectivity index (χ1) is 13.1. The summed E-state index contributed by atoms with van der Waals surface area (Å²) in [5.41, 5.74) is 2.89. The summed E-state index contributed by atoms with van der Waals surface area (Å²) in [7, 11) is 0. The molecule has 2 heterocycles. The number of carboxylic acid groups (broad SMARTS) is 1. The van der Waals surface area contributed by atoms with E-state index in [1.807, 2.05) is 24.3 Å². The molecule has 0 spiro atoms. The fourth-order valence-corrected chi connectivity index (χ4v) is 3.83. The molecule has 0 atom stereocenters. The Morgan fingerprint density at radius 3 is 2.63 bits per heavy atom. The number of nitrogens with one attached hydrogen (secondary N) is 1. The van der Waals surface area contributed by atoms with Crippen molar-refractivity contribution in [3.8, 4) is 11.3 Å². The standard InChI is InChI=1S/C19H16ClN3O3S/c20-15-9-13(16-5-1-2-6-21-16)8-14(10-23-19(25)26)17(15)27-18-12(11-24)4-3-7-22-18/h1-9,23-24H,10-11H2,(H,25,26). The molecule has 0 aliphatic carbocycles. The van der Waals surface area contributed by atoms with Crippen molar-refractivity contribution in [1.82, 2.24) is 15.3 Å². The van der Waals surface area contributed by atoms with E-state index in [2.05, 4.69) is 15.3 Å². The van der Waals surface area contributed by atoms with Crippen molar-refractivity contribution in [3.05, 3.63) is 71.0 Å². The van der Waals surface area contributed by atoms with Crippen LogP contribution in [-0.4, -0.2) is 26.3 Å². The summed E-state index contributed by atoms with van der Waals surface area (Å²) < 4.78 is 0. The van der Waals surface area contributed by atoms with Crippen LogP contribution in [0.3, 0.4) is 0 Å². The van der Waals surface area contributed by atoms with E-state index in [4.69, 9.17) is 16.7 Å². The maximum atomic E-state index is 11.0. The molecule has 2 aromatic heterocycles. The van der Waals surface area contributed by atoms with E-state index in [-0.39, 0.29) is 13.2 Å². The Morgan fingerprint density at radius 2 is 1.93 bits per heavy atom. The van der Waals surface area contributed by atoms with Crippen molar-refractivity contribution in [3.63, 3.8) is 0 Å². The summed E-state index contributed by atoms with van der Waals surface area (Å²) in [6.45, 7) is -0.0676. The minimum atomic E-state index is -1.13. The molecule has 0 aliphatic heterocycles. The highest BCUT2D eigenvalue weighted by molar-refractivity contribution is 7.99. The van der Waals surface area contributed by atoms with Crippen molar-refractivity contribution >= 4 is 29.5 Å². The van der Waals surface area contributed by atoms with Crippen molar-refractivity contribution in [2.45, 2.75) is 23.1 Å². The molecule has 0 aliphatic rings. The Kier molecular flexibility index (Phi) is 6.28. The van der Waals surface area contributed by atoms with E-state index in [0.29, 0.717) is 26.1 Å². The van der Waals surface area contributed by atoms with Gasteiger partial charge >= 0.3 is 6.09 Å². The second-order valence-electron chi connectivity index (χ2n) is 5.55. The fourth-order valence-electron chi connectivity index (χ4n) is 2.48. The predicted octanol–water partition coefficient (Wildman–Crippen LogP) is 4.21. The lowest BCUT2D eigenvalue weighted by molar-refractivity contribution is 0.194. The van der Waals surface area contributed by atoms with Gasteiger partial charge in [-0.1, -0.05) is 35.5 Å². The SMILES string of the molecule is O=C(O)NCc1cc(-c2ccccn2)cc(Cl)c1Sc1ncccc1CO. The molecule has 3 N–H and O–H groups in total. The van der Waals surface area contributed by atoms with Gasteiger partial charge in [-0.2, -0.15) is 0 Å². The number of aliphatic hydroxyl groups excluding tert-OH is 1. The quantitative estimate of drug-likeness (QED) is 0.572. The molecule has 0 unspecified atom stereocenters. The molecular formula is C19H16ClN3O3S. The summed E-state index contributed by atoms with van der Waals surface area (Å²) in [4.78, 5) is 20.3. The number of halogens is 1. The maximum Gasteiger partial charge on any atom is 0.404 e. The fraction of sp³-hybridized carbons (Fsp3) is 0.105. The average molecular weight is 402 g/mol. The van der Waals surface area contributed by atoms with E-state index in [1.165, 1.54) is 11.8 Å². The van der Waals surface area contributed by atoms with E-state index >= 15 is 0 Å². The summed E-state index contributed by atoms with van der Waals surface area (Å²) in [5, 5.41) is 22.0. The van der Waals surface area contributed by atoms with Gasteiger partial charge in [0.15, 0.2) is 0 Å². The van der Waals surface area contributed by atoms with Crippen LogP contribution < -0.4 is 5.32 Å². The van der Waals surface area contributed by atoms with E-state index < -0.39 is 6.09 Å². The third-order valence-corrected chi connectivity index (χ3v) is 5.39. The number of rotatable bonds is 6. The Hall–Kier alpha value is -2.61. The van der Waals surface area contributed by atoms with Crippen LogP contribution in [0.25, 0.3) is 11.3 Å². The van der Waals surface area contributed by atoms with Gasteiger partial charge in [0, 0.05) is 35.0 Å². The maximum absolute atomic E-state index is 11.0. The second kappa shape index (κ2) is 8.85. The van der Waals surface area contributed by atoms with Gasteiger partial charge in [0.2, 0.25) is 0 Å². The Morgan fingerprint density at radius 1 is 1.11 bits per heavy atom. The molecule has 138 valence electrons. The molecule has 3 aromatic rings. The van der Waals surface area contributed by atoms with Gasteiger partial charge in [0.05, 0.1) is 17.3 Å². The van der Waals surface area contributed by atoms with Crippen LogP contribution in [0, 0.1) is 0 Å². The highest BCUT2D eigenvalue weighted by Crippen LogP contribution is 2.39. The van der Waals surface area contributed by atoms with E-state index in [0.717, 1.165) is 11.3 Å². The predicted molar refractivity (Wildman–Crippen MR) is 104 cm³/mol. The minimum absolute atomic E-state index is 0.0827. The van der Waals surface area contributed by atoms with Crippen LogP contribution in [0.1, 0.15) is 11.1 Å². The molecule has 0 radical (unpaired) electrons. The van der Waals surface area contributed by atoms with Gasteiger partial charge in [-0.05, 0) is 35.9 Å². The number of nitrogens with zero attached hydrogens (tertiary/aromatic N) is 2. The summed E-state index contributed by atoms with van der Waals surface area (Å²) >= 11 is 7.82. The Labute approximate surface area is 165 Å². The number of carbonyl (C=O) groups is 1. The molecule has 1 aromatic carbocycles. The van der Waals surface area contributed by atoms with E-state index in [1.54, 1.807) is 30.6 Å². The number of amides is 1. The van der Waals surface area contributed by atoms with Crippen LogP contribution in [0.5, 0.6) is 0 Å². The van der Waals surface area contributed by atoms with E-state index in [9.17, 15) is 9.90 Å². The zero-order valence-corrected chi connectivity index (χ0v) is 15.7. The molecule has 1 amide bonds. The lowest BCUT2D eigenvalue weighted by Crippen LogP contribution is -2.20. The zero-order valence-electron chi connectivity index (χ0n) is 14.1. The molecule has 6 nitrogen and oxygen atoms in total. The van der Waals surface area contributed by atoms with Crippen LogP contribution in [0.2, 0.25) is 5.02 Å². The van der Waals surface area contributed by atoms with Crippen LogP contribution in [0.15, 0.2) is 64.8 Å². The first-order valence-electron chi connectivity index (χ1n) is 8.01. The zero-order chi connectivity index (χ0) is 19.2. The third-order valence-electron chi connectivity index (χ3n) is 3.73. The number of aromatic nitrogens is 2. The van der Waals surface area contributed by atoms with Gasteiger partial charge in [0.25, 0.3) is 0 Å². The summed E-state index contributed by atoms with van der Waals surface area (Å²) in [5.74, 6) is 0. The van der Waals surface area contributed by atoms with Crippen LogP contribution in [0.4, 0.5) is 4.79 Å².